The van der Waals surface area contributed by atoms with Gasteiger partial charge >= 0.3 is 10.2 Å². The van der Waals surface area contributed by atoms with Gasteiger partial charge in [-0.05, 0) is 23.1 Å². The van der Waals surface area contributed by atoms with Crippen molar-refractivity contribution in [2.45, 2.75) is 32.2 Å². The summed E-state index contributed by atoms with van der Waals surface area (Å²) in [6, 6.07) is 4.61. The minimum Gasteiger partial charge on any atom is -0.496 e. The van der Waals surface area contributed by atoms with Gasteiger partial charge in [0.1, 0.15) is 11.8 Å². The predicted octanol–water partition coefficient (Wildman–Crippen LogP) is 0.494. The number of hydrogen-bond donors (Lipinski definition) is 1. The Labute approximate surface area is 153 Å². The molecule has 2 amide bonds. The summed E-state index contributed by atoms with van der Waals surface area (Å²) < 4.78 is 32.2. The largest absolute Gasteiger partial charge is 0.496 e. The van der Waals surface area contributed by atoms with Gasteiger partial charge in [0.2, 0.25) is 0 Å². The molecule has 1 aromatic rings. The van der Waals surface area contributed by atoms with Crippen molar-refractivity contribution in [3.8, 4) is 5.75 Å². The van der Waals surface area contributed by atoms with E-state index in [9.17, 15) is 18.0 Å². The summed E-state index contributed by atoms with van der Waals surface area (Å²) in [5, 5.41) is 0. The monoisotopic (exact) mass is 381 g/mol. The Morgan fingerprint density at radius 3 is 2.58 bits per heavy atom. The number of nitrogens with one attached hydrogen (secondary N) is 1. The topological polar surface area (TPSA) is 96.0 Å². The Bertz CT molecular complexity index is 860. The molecular weight excluding hydrogens is 358 g/mol. The van der Waals surface area contributed by atoms with Crippen LogP contribution in [-0.4, -0.2) is 62.2 Å². The van der Waals surface area contributed by atoms with E-state index in [0.29, 0.717) is 11.3 Å². The van der Waals surface area contributed by atoms with Crippen LogP contribution in [0.4, 0.5) is 0 Å². The lowest BCUT2D eigenvalue weighted by Gasteiger charge is -2.34. The molecule has 2 heterocycles. The molecule has 1 N–H and O–H groups in total. The van der Waals surface area contributed by atoms with Gasteiger partial charge in [0, 0.05) is 19.6 Å². The molecule has 2 fully saturated rings. The van der Waals surface area contributed by atoms with E-state index in [1.807, 2.05) is 10.8 Å². The summed E-state index contributed by atoms with van der Waals surface area (Å²) in [4.78, 5) is 26.5. The highest BCUT2D eigenvalue weighted by molar-refractivity contribution is 7.88. The number of rotatable bonds is 2. The third kappa shape index (κ3) is 3.16. The smallest absolute Gasteiger partial charge is 0.304 e. The maximum Gasteiger partial charge on any atom is 0.304 e. The third-order valence-electron chi connectivity index (χ3n) is 4.76. The molecule has 0 saturated carbocycles. The SMILES string of the molecule is COc1ccc(C(C)(C)C)cc1C(=O)N1CCN2C(C1)C(=O)NS2(=O)=O. The van der Waals surface area contributed by atoms with E-state index in [-0.39, 0.29) is 31.0 Å². The average molecular weight is 381 g/mol. The molecule has 3 rings (SSSR count). The molecule has 0 bridgehead atoms. The molecule has 1 atom stereocenters. The summed E-state index contributed by atoms with van der Waals surface area (Å²) in [6.45, 7) is 6.47. The first-order chi connectivity index (χ1) is 12.0. The molecular formula is C17H23N3O5S. The molecule has 0 spiro atoms. The van der Waals surface area contributed by atoms with Crippen LogP contribution in [0.5, 0.6) is 5.75 Å². The third-order valence-corrected chi connectivity index (χ3v) is 6.27. The second kappa shape index (κ2) is 6.24. The van der Waals surface area contributed by atoms with Crippen LogP contribution in [0.15, 0.2) is 18.2 Å². The Morgan fingerprint density at radius 1 is 1.27 bits per heavy atom. The van der Waals surface area contributed by atoms with Crippen molar-refractivity contribution in [1.29, 1.82) is 0 Å². The lowest BCUT2D eigenvalue weighted by atomic mass is 9.86. The first-order valence-corrected chi connectivity index (χ1v) is 9.80. The Kier molecular flexibility index (Phi) is 4.48. The fourth-order valence-corrected chi connectivity index (χ4v) is 4.54. The molecule has 0 aromatic heterocycles. The van der Waals surface area contributed by atoms with Crippen molar-refractivity contribution in [3.63, 3.8) is 0 Å². The molecule has 142 valence electrons. The molecule has 2 aliphatic rings. The van der Waals surface area contributed by atoms with Crippen LogP contribution in [-0.2, 0) is 20.4 Å². The Hall–Kier alpha value is -2.13. The number of hydrogen-bond acceptors (Lipinski definition) is 5. The fourth-order valence-electron chi connectivity index (χ4n) is 3.22. The molecule has 0 aliphatic carbocycles. The highest BCUT2D eigenvalue weighted by Crippen LogP contribution is 2.30. The quantitative estimate of drug-likeness (QED) is 0.805. The van der Waals surface area contributed by atoms with Crippen LogP contribution in [0, 0.1) is 0 Å². The number of benzene rings is 1. The van der Waals surface area contributed by atoms with Crippen LogP contribution in [0.25, 0.3) is 0 Å². The summed E-state index contributed by atoms with van der Waals surface area (Å²) in [5.41, 5.74) is 1.26. The molecule has 2 saturated heterocycles. The molecule has 2 aliphatic heterocycles. The highest BCUT2D eigenvalue weighted by atomic mass is 32.2. The number of carbonyl (C=O) groups is 2. The lowest BCUT2D eigenvalue weighted by molar-refractivity contribution is -0.122. The number of fused-ring (bicyclic) bond motifs is 1. The summed E-state index contributed by atoms with van der Waals surface area (Å²) in [5.74, 6) is -0.420. The number of carbonyl (C=O) groups excluding carboxylic acids is 2. The molecule has 8 nitrogen and oxygen atoms in total. The van der Waals surface area contributed by atoms with E-state index >= 15 is 0 Å². The lowest BCUT2D eigenvalue weighted by Crippen LogP contribution is -2.54. The zero-order chi connectivity index (χ0) is 19.3. The van der Waals surface area contributed by atoms with Crippen LogP contribution >= 0.6 is 0 Å². The van der Waals surface area contributed by atoms with Crippen molar-refractivity contribution in [3.05, 3.63) is 29.3 Å². The molecule has 0 radical (unpaired) electrons. The standard InChI is InChI=1S/C17H23N3O5S/c1-17(2,3)11-5-6-14(25-4)12(9-11)16(22)19-7-8-20-13(10-19)15(21)18-26(20,23)24/h5-6,9,13H,7-8,10H2,1-4H3,(H,18,21). The number of nitrogens with zero attached hydrogens (tertiary/aromatic N) is 2. The zero-order valence-electron chi connectivity index (χ0n) is 15.3. The summed E-state index contributed by atoms with van der Waals surface area (Å²) in [6.07, 6.45) is 0. The number of amides is 2. The zero-order valence-corrected chi connectivity index (χ0v) is 16.1. The first-order valence-electron chi connectivity index (χ1n) is 8.36. The Balaban J connectivity index is 1.90. The second-order valence-electron chi connectivity index (χ2n) is 7.51. The van der Waals surface area contributed by atoms with Gasteiger partial charge in [-0.25, -0.2) is 4.72 Å². The van der Waals surface area contributed by atoms with Crippen LogP contribution in [0.2, 0.25) is 0 Å². The van der Waals surface area contributed by atoms with E-state index in [4.69, 9.17) is 4.74 Å². The maximum atomic E-state index is 13.1. The fraction of sp³-hybridized carbons (Fsp3) is 0.529. The van der Waals surface area contributed by atoms with E-state index in [0.717, 1.165) is 9.87 Å². The summed E-state index contributed by atoms with van der Waals surface area (Å²) >= 11 is 0. The Morgan fingerprint density at radius 2 is 1.96 bits per heavy atom. The minimum atomic E-state index is -3.78. The summed E-state index contributed by atoms with van der Waals surface area (Å²) in [7, 11) is -2.28. The minimum absolute atomic E-state index is 0.0206. The van der Waals surface area contributed by atoms with Gasteiger partial charge in [0.25, 0.3) is 11.8 Å². The molecule has 1 aromatic carbocycles. The van der Waals surface area contributed by atoms with Crippen LogP contribution < -0.4 is 9.46 Å². The highest BCUT2D eigenvalue weighted by Gasteiger charge is 2.47. The van der Waals surface area contributed by atoms with Crippen molar-refractivity contribution in [2.24, 2.45) is 0 Å². The normalized spacial score (nSPS) is 22.7. The average Bonchev–Trinajstić information content (AvgIpc) is 2.81. The number of piperazine rings is 1. The van der Waals surface area contributed by atoms with Crippen molar-refractivity contribution < 1.29 is 22.7 Å². The number of methoxy groups -OCH3 is 1. The van der Waals surface area contributed by atoms with Crippen LogP contribution in [0.1, 0.15) is 36.7 Å². The van der Waals surface area contributed by atoms with E-state index in [1.54, 1.807) is 12.1 Å². The van der Waals surface area contributed by atoms with Gasteiger partial charge in [0.05, 0.1) is 12.7 Å². The van der Waals surface area contributed by atoms with Gasteiger partial charge in [-0.15, -0.1) is 0 Å². The van der Waals surface area contributed by atoms with E-state index < -0.39 is 22.2 Å². The van der Waals surface area contributed by atoms with Crippen molar-refractivity contribution in [2.75, 3.05) is 26.7 Å². The predicted molar refractivity (Wildman–Crippen MR) is 95.2 cm³/mol. The van der Waals surface area contributed by atoms with Gasteiger partial charge in [-0.1, -0.05) is 26.8 Å². The van der Waals surface area contributed by atoms with Gasteiger partial charge in [-0.2, -0.15) is 12.7 Å². The van der Waals surface area contributed by atoms with Crippen LogP contribution in [0.3, 0.4) is 0 Å². The molecule has 1 unspecified atom stereocenters. The van der Waals surface area contributed by atoms with Gasteiger partial charge in [0.15, 0.2) is 0 Å². The maximum absolute atomic E-state index is 13.1. The number of ether oxygens (including phenoxy) is 1. The van der Waals surface area contributed by atoms with Crippen molar-refractivity contribution in [1.82, 2.24) is 13.9 Å². The molecule has 26 heavy (non-hydrogen) atoms. The van der Waals surface area contributed by atoms with E-state index in [1.165, 1.54) is 12.0 Å². The second-order valence-corrected chi connectivity index (χ2v) is 9.14. The van der Waals surface area contributed by atoms with Gasteiger partial charge < -0.3 is 9.64 Å². The first kappa shape index (κ1) is 18.7. The molecule has 9 heteroatoms. The van der Waals surface area contributed by atoms with Gasteiger partial charge in [-0.3, -0.25) is 9.59 Å². The van der Waals surface area contributed by atoms with Crippen molar-refractivity contribution >= 4 is 22.0 Å². The van der Waals surface area contributed by atoms with E-state index in [2.05, 4.69) is 20.8 Å².